The third-order valence-corrected chi connectivity index (χ3v) is 11.9. The average molecular weight is 870 g/mol. The zero-order valence-corrected chi connectivity index (χ0v) is 34.1. The fourth-order valence-electron chi connectivity index (χ4n) is 8.47. The molecule has 14 nitrogen and oxygen atoms in total. The van der Waals surface area contributed by atoms with E-state index >= 15 is 0 Å². The molecule has 10 rings (SSSR count). The number of anilines is 1. The van der Waals surface area contributed by atoms with Crippen molar-refractivity contribution >= 4 is 50.5 Å². The second-order valence-corrected chi connectivity index (χ2v) is 16.2. The molecule has 7 aromatic rings. The minimum Gasteiger partial charge on any atom is -0.469 e. The summed E-state index contributed by atoms with van der Waals surface area (Å²) in [6.45, 7) is 5.29. The van der Waals surface area contributed by atoms with Crippen LogP contribution in [0.25, 0.3) is 33.8 Å². The van der Waals surface area contributed by atoms with Gasteiger partial charge in [0.2, 0.25) is 17.7 Å². The van der Waals surface area contributed by atoms with Crippen LogP contribution in [0.5, 0.6) is 11.5 Å². The van der Waals surface area contributed by atoms with Crippen LogP contribution >= 0.6 is 15.9 Å². The molecule has 15 heteroatoms. The first-order valence-electron chi connectivity index (χ1n) is 19.5. The van der Waals surface area contributed by atoms with E-state index in [0.29, 0.717) is 39.8 Å². The summed E-state index contributed by atoms with van der Waals surface area (Å²) in [5, 5.41) is 10.3. The van der Waals surface area contributed by atoms with Gasteiger partial charge in [-0.05, 0) is 51.2 Å². The molecule has 0 fully saturated rings. The van der Waals surface area contributed by atoms with E-state index in [0.717, 1.165) is 37.8 Å². The normalized spacial score (nSPS) is 19.9. The molecule has 0 aliphatic carbocycles. The van der Waals surface area contributed by atoms with Gasteiger partial charge in [0.05, 0.1) is 17.4 Å². The molecule has 2 amide bonds. The van der Waals surface area contributed by atoms with Gasteiger partial charge in [-0.15, -0.1) is 0 Å². The minimum atomic E-state index is -1.12. The SMILES string of the molecule is CC(=O)Oc1cccc2c(-c3cnc(-c4nc5oc4[C@]46c7cc(ccc7OC4Nc4c(Br)cccc46)C[C@H](NC(=O)OCc4ccccc4)C(=O)N[C@H]5C(C)C)o3)c[nH]c12. The van der Waals surface area contributed by atoms with E-state index in [1.807, 2.05) is 86.6 Å². The number of nitrogens with zero attached hydrogens (tertiary/aromatic N) is 2. The van der Waals surface area contributed by atoms with Crippen LogP contribution in [0.1, 0.15) is 60.7 Å². The molecule has 1 unspecified atom stereocenters. The standard InChI is InChI=1S/C45H37BrN6O8/c1-22(2)35-42-51-38(41-48-20-34(58-41)27-19-47-36-26(27)11-7-14-33(36)57-23(3)53)39(60-42)45-28-12-8-13-30(46)37(28)52-43(45)59-32-16-15-25(17-29(32)45)18-31(40(54)50-35)49-44(55)56-21-24-9-5-4-6-10-24/h4-17,19-20,22,31,35,43,47,52H,18,21H2,1-3H3,(H,49,55)(H,50,54)/t31-,35-,43?,45-/m0/s1. The Morgan fingerprint density at radius 3 is 2.65 bits per heavy atom. The smallest absolute Gasteiger partial charge is 0.408 e. The van der Waals surface area contributed by atoms with Crippen molar-refractivity contribution in [1.82, 2.24) is 25.6 Å². The molecule has 4 aromatic carbocycles. The van der Waals surface area contributed by atoms with Gasteiger partial charge in [0.1, 0.15) is 29.9 Å². The quantitative estimate of drug-likeness (QED) is 0.0893. The first-order chi connectivity index (χ1) is 29.1. The van der Waals surface area contributed by atoms with Gasteiger partial charge in [0, 0.05) is 46.1 Å². The van der Waals surface area contributed by atoms with Gasteiger partial charge < -0.3 is 44.0 Å². The Bertz CT molecular complexity index is 2850. The maximum atomic E-state index is 14.3. The van der Waals surface area contributed by atoms with Crippen molar-refractivity contribution < 1.29 is 37.4 Å². The molecular formula is C45H37BrN6O8. The number of para-hydroxylation sites is 2. The Hall–Kier alpha value is -6.87. The predicted molar refractivity (Wildman–Crippen MR) is 222 cm³/mol. The third kappa shape index (κ3) is 6.10. The predicted octanol–water partition coefficient (Wildman–Crippen LogP) is 8.31. The number of amides is 2. The van der Waals surface area contributed by atoms with Gasteiger partial charge in [0.25, 0.3) is 0 Å². The lowest BCUT2D eigenvalue weighted by atomic mass is 9.72. The Kier molecular flexibility index (Phi) is 9.01. The van der Waals surface area contributed by atoms with Crippen LogP contribution in [0.15, 0.2) is 111 Å². The summed E-state index contributed by atoms with van der Waals surface area (Å²) >= 11 is 3.75. The number of H-pyrrole nitrogens is 1. The number of hydrogen-bond acceptors (Lipinski definition) is 11. The summed E-state index contributed by atoms with van der Waals surface area (Å²) < 4.78 is 32.2. The maximum Gasteiger partial charge on any atom is 0.408 e. The van der Waals surface area contributed by atoms with E-state index in [-0.39, 0.29) is 30.7 Å². The largest absolute Gasteiger partial charge is 0.469 e. The molecule has 0 saturated carbocycles. The fourth-order valence-corrected chi connectivity index (χ4v) is 8.95. The number of rotatable bonds is 7. The van der Waals surface area contributed by atoms with E-state index in [1.165, 1.54) is 6.92 Å². The zero-order chi connectivity index (χ0) is 41.3. The van der Waals surface area contributed by atoms with Crippen molar-refractivity contribution in [3.05, 3.63) is 136 Å². The van der Waals surface area contributed by atoms with E-state index in [4.69, 9.17) is 33.0 Å². The lowest BCUT2D eigenvalue weighted by Crippen LogP contribution is -2.49. The number of oxazole rings is 2. The van der Waals surface area contributed by atoms with Crippen molar-refractivity contribution in [1.29, 1.82) is 0 Å². The highest BCUT2D eigenvalue weighted by Gasteiger charge is 2.61. The number of benzene rings is 4. The number of esters is 1. The number of aromatic nitrogens is 3. The summed E-state index contributed by atoms with van der Waals surface area (Å²) in [5.74, 6) is 1.12. The first-order valence-corrected chi connectivity index (χ1v) is 20.3. The third-order valence-electron chi connectivity index (χ3n) is 11.2. The highest BCUT2D eigenvalue weighted by molar-refractivity contribution is 9.10. The number of carbonyl (C=O) groups excluding carboxylic acids is 3. The molecule has 3 aliphatic heterocycles. The van der Waals surface area contributed by atoms with Crippen LogP contribution in [0, 0.1) is 5.92 Å². The molecule has 302 valence electrons. The van der Waals surface area contributed by atoms with Crippen LogP contribution in [-0.2, 0) is 32.8 Å². The zero-order valence-electron chi connectivity index (χ0n) is 32.5. The van der Waals surface area contributed by atoms with Gasteiger partial charge in [0.15, 0.2) is 29.2 Å². The number of hydrogen-bond donors (Lipinski definition) is 4. The first kappa shape index (κ1) is 37.4. The number of ether oxygens (including phenoxy) is 3. The molecule has 3 aliphatic rings. The Morgan fingerprint density at radius 1 is 1.00 bits per heavy atom. The summed E-state index contributed by atoms with van der Waals surface area (Å²) in [5.41, 5.74) is 4.54. The molecule has 3 aromatic heterocycles. The lowest BCUT2D eigenvalue weighted by molar-refractivity contribution is -0.131. The summed E-state index contributed by atoms with van der Waals surface area (Å²) in [7, 11) is 0. The van der Waals surface area contributed by atoms with Crippen molar-refractivity contribution in [2.45, 2.75) is 57.5 Å². The van der Waals surface area contributed by atoms with Gasteiger partial charge >= 0.3 is 12.1 Å². The molecule has 0 saturated heterocycles. The Labute approximate surface area is 351 Å². The van der Waals surface area contributed by atoms with E-state index in [2.05, 4.69) is 36.9 Å². The van der Waals surface area contributed by atoms with Crippen LogP contribution in [0.2, 0.25) is 0 Å². The molecule has 4 bridgehead atoms. The molecule has 60 heavy (non-hydrogen) atoms. The van der Waals surface area contributed by atoms with Gasteiger partial charge in [-0.1, -0.05) is 80.6 Å². The molecule has 1 spiro atoms. The summed E-state index contributed by atoms with van der Waals surface area (Å²) in [6.07, 6.45) is 2.11. The van der Waals surface area contributed by atoms with Crippen LogP contribution in [-0.4, -0.2) is 45.2 Å². The number of nitrogens with one attached hydrogen (secondary N) is 4. The Morgan fingerprint density at radius 2 is 1.83 bits per heavy atom. The second-order valence-electron chi connectivity index (χ2n) is 15.4. The van der Waals surface area contributed by atoms with Crippen molar-refractivity contribution in [2.75, 3.05) is 5.32 Å². The van der Waals surface area contributed by atoms with E-state index in [1.54, 1.807) is 24.5 Å². The number of aromatic amines is 1. The molecule has 4 N–H and O–H groups in total. The summed E-state index contributed by atoms with van der Waals surface area (Å²) in [6, 6.07) is 24.6. The minimum absolute atomic E-state index is 0.0394. The monoisotopic (exact) mass is 868 g/mol. The topological polar surface area (TPSA) is 183 Å². The molecule has 6 heterocycles. The summed E-state index contributed by atoms with van der Waals surface area (Å²) in [4.78, 5) is 52.6. The maximum absolute atomic E-state index is 14.3. The van der Waals surface area contributed by atoms with Gasteiger partial charge in [-0.25, -0.2) is 14.8 Å². The Balaban J connectivity index is 1.12. The van der Waals surface area contributed by atoms with Crippen molar-refractivity contribution in [2.24, 2.45) is 5.92 Å². The number of fused-ring (bicyclic) bond motifs is 5. The fraction of sp³-hybridized carbons (Fsp3) is 0.222. The van der Waals surface area contributed by atoms with Crippen LogP contribution in [0.4, 0.5) is 10.5 Å². The van der Waals surface area contributed by atoms with Crippen molar-refractivity contribution in [3.8, 4) is 34.4 Å². The molecule has 4 atom stereocenters. The molecule has 0 radical (unpaired) electrons. The molecular weight excluding hydrogens is 832 g/mol. The van der Waals surface area contributed by atoms with Crippen LogP contribution in [0.3, 0.4) is 0 Å². The number of carbonyl (C=O) groups is 3. The van der Waals surface area contributed by atoms with E-state index in [9.17, 15) is 14.4 Å². The number of alkyl carbamates (subject to hydrolysis) is 1. The van der Waals surface area contributed by atoms with Crippen molar-refractivity contribution in [3.63, 3.8) is 0 Å². The van der Waals surface area contributed by atoms with Gasteiger partial charge in [-0.2, -0.15) is 0 Å². The second kappa shape index (κ2) is 14.4. The lowest BCUT2D eigenvalue weighted by Gasteiger charge is -2.28. The van der Waals surface area contributed by atoms with Gasteiger partial charge in [-0.3, -0.25) is 9.59 Å². The van der Waals surface area contributed by atoms with Crippen LogP contribution < -0.4 is 25.4 Å². The highest BCUT2D eigenvalue weighted by atomic mass is 79.9. The van der Waals surface area contributed by atoms with E-state index < -0.39 is 41.7 Å². The average Bonchev–Trinajstić information content (AvgIpc) is 4.06. The highest BCUT2D eigenvalue weighted by Crippen LogP contribution is 2.60. The number of halogens is 1.